The molecule has 1 aromatic carbocycles. The molecule has 150 valence electrons. The molecule has 0 fully saturated rings. The smallest absolute Gasteiger partial charge is 0.273 e. The molecule has 2 rings (SSSR count). The summed E-state index contributed by atoms with van der Waals surface area (Å²) in [5.74, 6) is -1.99. The van der Waals surface area contributed by atoms with Gasteiger partial charge in [0.1, 0.15) is 4.21 Å². The normalized spacial score (nSPS) is 11.0. The number of sulfonamides is 1. The van der Waals surface area contributed by atoms with Crippen molar-refractivity contribution in [3.8, 4) is 0 Å². The first-order chi connectivity index (χ1) is 13.0. The number of halogens is 3. The van der Waals surface area contributed by atoms with E-state index in [9.17, 15) is 22.8 Å². The Balaban J connectivity index is 2.24. The second-order valence-electron chi connectivity index (χ2n) is 5.26. The minimum Gasteiger partial charge on any atom is -0.347 e. The van der Waals surface area contributed by atoms with Crippen molar-refractivity contribution < 1.29 is 22.8 Å². The summed E-state index contributed by atoms with van der Waals surface area (Å²) in [4.78, 5) is 35.1. The van der Waals surface area contributed by atoms with Gasteiger partial charge in [-0.15, -0.1) is 11.3 Å². The van der Waals surface area contributed by atoms with Crippen LogP contribution in [0.4, 0.5) is 5.69 Å². The molecular weight excluding hydrogens is 517 g/mol. The molecule has 0 aliphatic heterocycles. The number of thiophene rings is 1. The van der Waals surface area contributed by atoms with E-state index in [0.29, 0.717) is 3.79 Å². The summed E-state index contributed by atoms with van der Waals surface area (Å²) >= 11 is 16.1. The number of anilines is 1. The first-order valence-electron chi connectivity index (χ1n) is 7.35. The number of hydrogen-bond donors (Lipinski definition) is 3. The van der Waals surface area contributed by atoms with Crippen molar-refractivity contribution in [2.45, 2.75) is 11.1 Å². The van der Waals surface area contributed by atoms with Crippen molar-refractivity contribution in [1.82, 2.24) is 10.0 Å². The predicted molar refractivity (Wildman–Crippen MR) is 110 cm³/mol. The van der Waals surface area contributed by atoms with Crippen LogP contribution in [0.1, 0.15) is 17.3 Å². The fraction of sp³-hybridized carbons (Fsp3) is 0.133. The van der Waals surface area contributed by atoms with E-state index in [1.165, 1.54) is 25.1 Å². The third-order valence-electron chi connectivity index (χ3n) is 3.11. The molecule has 8 nitrogen and oxygen atoms in total. The van der Waals surface area contributed by atoms with E-state index in [2.05, 4.69) is 26.6 Å². The van der Waals surface area contributed by atoms with Crippen LogP contribution in [0.3, 0.4) is 0 Å². The largest absolute Gasteiger partial charge is 0.347 e. The summed E-state index contributed by atoms with van der Waals surface area (Å²) in [6, 6.07) is 5.20. The van der Waals surface area contributed by atoms with Crippen LogP contribution in [-0.4, -0.2) is 32.7 Å². The minimum atomic E-state index is -4.11. The maximum atomic E-state index is 12.4. The molecule has 1 aromatic heterocycles. The van der Waals surface area contributed by atoms with Crippen LogP contribution in [-0.2, 0) is 19.6 Å². The second kappa shape index (κ2) is 9.23. The molecule has 13 heteroatoms. The van der Waals surface area contributed by atoms with Gasteiger partial charge in [-0.25, -0.2) is 13.1 Å². The van der Waals surface area contributed by atoms with Crippen molar-refractivity contribution in [3.63, 3.8) is 0 Å². The molecule has 1 heterocycles. The highest BCUT2D eigenvalue weighted by Crippen LogP contribution is 2.30. The lowest BCUT2D eigenvalue weighted by Crippen LogP contribution is -2.32. The molecule has 0 atom stereocenters. The molecule has 3 N–H and O–H groups in total. The van der Waals surface area contributed by atoms with Gasteiger partial charge in [-0.1, -0.05) is 23.2 Å². The monoisotopic (exact) mass is 527 g/mol. The molecule has 0 aliphatic rings. The fourth-order valence-electron chi connectivity index (χ4n) is 1.89. The molecule has 0 saturated carbocycles. The molecule has 0 radical (unpaired) electrons. The van der Waals surface area contributed by atoms with Crippen molar-refractivity contribution in [2.75, 3.05) is 11.9 Å². The molecule has 0 unspecified atom stereocenters. The summed E-state index contributed by atoms with van der Waals surface area (Å²) in [6.07, 6.45) is 0. The molecule has 2 aromatic rings. The van der Waals surface area contributed by atoms with E-state index in [4.69, 9.17) is 23.2 Å². The number of amides is 3. The lowest BCUT2D eigenvalue weighted by Gasteiger charge is -2.12. The van der Waals surface area contributed by atoms with E-state index in [1.807, 2.05) is 4.72 Å². The van der Waals surface area contributed by atoms with Crippen LogP contribution in [0.5, 0.6) is 0 Å². The van der Waals surface area contributed by atoms with Gasteiger partial charge in [0.05, 0.1) is 31.6 Å². The van der Waals surface area contributed by atoms with Crippen LogP contribution < -0.4 is 15.4 Å². The summed E-state index contributed by atoms with van der Waals surface area (Å²) < 4.78 is 27.0. The van der Waals surface area contributed by atoms with Crippen LogP contribution in [0, 0.1) is 0 Å². The predicted octanol–water partition coefficient (Wildman–Crippen LogP) is 3.01. The highest BCUT2D eigenvalue weighted by atomic mass is 79.9. The molecule has 0 spiro atoms. The van der Waals surface area contributed by atoms with Crippen LogP contribution in [0.15, 0.2) is 32.3 Å². The zero-order chi connectivity index (χ0) is 21.1. The topological polar surface area (TPSA) is 121 Å². The number of benzene rings is 1. The van der Waals surface area contributed by atoms with E-state index in [1.54, 1.807) is 0 Å². The maximum Gasteiger partial charge on any atom is 0.273 e. The number of carbonyl (C=O) groups is 3. The summed E-state index contributed by atoms with van der Waals surface area (Å²) in [7, 11) is -4.11. The zero-order valence-corrected chi connectivity index (χ0v) is 18.7. The lowest BCUT2D eigenvalue weighted by atomic mass is 10.2. The van der Waals surface area contributed by atoms with Crippen molar-refractivity contribution in [3.05, 3.63) is 43.7 Å². The van der Waals surface area contributed by atoms with Crippen LogP contribution >= 0.6 is 50.5 Å². The standard InChI is InChI=1S/C15H12BrCl2N3O5S2/c1-7(22)19-6-13(23)20-11-4-8(9(17)5-10(11)18)15(24)21-28(25,26)14-3-2-12(16)27-14/h2-5H,6H2,1H3,(H,19,22)(H,20,23)(H,21,24). The molecule has 28 heavy (non-hydrogen) atoms. The Bertz CT molecular complexity index is 1060. The van der Waals surface area contributed by atoms with Crippen LogP contribution in [0.25, 0.3) is 0 Å². The van der Waals surface area contributed by atoms with Gasteiger partial charge in [-0.05, 0) is 40.2 Å². The first-order valence-corrected chi connectivity index (χ1v) is 11.2. The Morgan fingerprint density at radius 1 is 1.14 bits per heavy atom. The quantitative estimate of drug-likeness (QED) is 0.532. The first kappa shape index (κ1) is 22.6. The highest BCUT2D eigenvalue weighted by molar-refractivity contribution is 9.11. The Morgan fingerprint density at radius 2 is 1.82 bits per heavy atom. The van der Waals surface area contributed by atoms with Gasteiger partial charge in [-0.3, -0.25) is 14.4 Å². The minimum absolute atomic E-state index is 0.0303. The van der Waals surface area contributed by atoms with Gasteiger partial charge in [-0.2, -0.15) is 0 Å². The maximum absolute atomic E-state index is 12.4. The molecule has 0 aliphatic carbocycles. The van der Waals surface area contributed by atoms with E-state index in [0.717, 1.165) is 17.4 Å². The summed E-state index contributed by atoms with van der Waals surface area (Å²) in [6.45, 7) is 0.939. The van der Waals surface area contributed by atoms with Gasteiger partial charge in [0, 0.05) is 6.92 Å². The van der Waals surface area contributed by atoms with E-state index in [-0.39, 0.29) is 32.1 Å². The second-order valence-corrected chi connectivity index (χ2v) is 10.4. The Morgan fingerprint density at radius 3 is 2.39 bits per heavy atom. The van der Waals surface area contributed by atoms with Crippen molar-refractivity contribution in [2.24, 2.45) is 0 Å². The number of hydrogen-bond acceptors (Lipinski definition) is 6. The Labute approximate surface area is 182 Å². The average molecular weight is 529 g/mol. The van der Waals surface area contributed by atoms with Gasteiger partial charge in [0.25, 0.3) is 15.9 Å². The molecular formula is C15H12BrCl2N3O5S2. The Kier molecular flexibility index (Phi) is 7.46. The Hall–Kier alpha value is -1.66. The van der Waals surface area contributed by atoms with Crippen molar-refractivity contribution >= 4 is 83.9 Å². The van der Waals surface area contributed by atoms with Gasteiger partial charge in [0.2, 0.25) is 11.8 Å². The number of rotatable bonds is 6. The summed E-state index contributed by atoms with van der Waals surface area (Å²) in [5.41, 5.74) is -0.178. The molecule has 0 bridgehead atoms. The van der Waals surface area contributed by atoms with Crippen LogP contribution in [0.2, 0.25) is 10.0 Å². The lowest BCUT2D eigenvalue weighted by molar-refractivity contribution is -0.122. The number of carbonyl (C=O) groups excluding carboxylic acids is 3. The van der Waals surface area contributed by atoms with Gasteiger partial charge >= 0.3 is 0 Å². The fourth-order valence-corrected chi connectivity index (χ4v) is 5.38. The third kappa shape index (κ3) is 5.92. The van der Waals surface area contributed by atoms with E-state index >= 15 is 0 Å². The SMILES string of the molecule is CC(=O)NCC(=O)Nc1cc(C(=O)NS(=O)(=O)c2ccc(Br)s2)c(Cl)cc1Cl. The van der Waals surface area contributed by atoms with Crippen molar-refractivity contribution in [1.29, 1.82) is 0 Å². The highest BCUT2D eigenvalue weighted by Gasteiger charge is 2.23. The van der Waals surface area contributed by atoms with Gasteiger partial charge < -0.3 is 10.6 Å². The summed E-state index contributed by atoms with van der Waals surface area (Å²) in [5, 5.41) is 4.64. The van der Waals surface area contributed by atoms with E-state index < -0.39 is 27.7 Å². The average Bonchev–Trinajstić information content (AvgIpc) is 3.02. The van der Waals surface area contributed by atoms with Gasteiger partial charge in [0.15, 0.2) is 0 Å². The zero-order valence-electron chi connectivity index (χ0n) is 14.0. The third-order valence-corrected chi connectivity index (χ3v) is 7.19. The number of nitrogens with one attached hydrogen (secondary N) is 3. The molecule has 0 saturated heterocycles. The molecule has 3 amide bonds.